The van der Waals surface area contributed by atoms with Crippen LogP contribution in [0.2, 0.25) is 0 Å². The third-order valence-corrected chi connectivity index (χ3v) is 6.53. The topological polar surface area (TPSA) is 290 Å². The molecule has 43 heavy (non-hydrogen) atoms. The molecule has 0 aliphatic carbocycles. The van der Waals surface area contributed by atoms with Crippen molar-refractivity contribution in [3.8, 4) is 5.75 Å². The molecule has 0 aromatic heterocycles. The van der Waals surface area contributed by atoms with Gasteiger partial charge in [-0.25, -0.2) is 4.79 Å². The lowest BCUT2D eigenvalue weighted by Crippen LogP contribution is -2.58. The van der Waals surface area contributed by atoms with E-state index in [1.54, 1.807) is 12.1 Å². The van der Waals surface area contributed by atoms with E-state index in [9.17, 15) is 34.2 Å². The fraction of sp³-hybridized carbons (Fsp3) is 0.538. The Hall–Kier alpha value is -4.09. The van der Waals surface area contributed by atoms with Gasteiger partial charge in [0.15, 0.2) is 5.96 Å². The molecule has 0 radical (unpaired) electrons. The minimum absolute atomic E-state index is 0.00338. The number of carboxylic acid groups (broad SMARTS) is 1. The number of hydrogen-bond acceptors (Lipinski definition) is 10. The Bertz CT molecular complexity index is 1100. The number of nitrogens with two attached hydrogens (primary N) is 4. The number of carboxylic acids is 1. The summed E-state index contributed by atoms with van der Waals surface area (Å²) in [6, 6.07) is 1.17. The van der Waals surface area contributed by atoms with Crippen LogP contribution in [0.3, 0.4) is 0 Å². The van der Waals surface area contributed by atoms with E-state index >= 15 is 0 Å². The van der Waals surface area contributed by atoms with E-state index < -0.39 is 53.8 Å². The first-order valence-electron chi connectivity index (χ1n) is 13.7. The zero-order chi connectivity index (χ0) is 32.4. The fourth-order valence-corrected chi connectivity index (χ4v) is 4.12. The summed E-state index contributed by atoms with van der Waals surface area (Å²) in [6.07, 6.45) is 1.38. The van der Waals surface area contributed by atoms with E-state index in [4.69, 9.17) is 22.9 Å². The zero-order valence-electron chi connectivity index (χ0n) is 23.8. The minimum Gasteiger partial charge on any atom is -0.508 e. The van der Waals surface area contributed by atoms with Crippen LogP contribution in [0.4, 0.5) is 0 Å². The monoisotopic (exact) mass is 625 g/mol. The van der Waals surface area contributed by atoms with Gasteiger partial charge in [0.2, 0.25) is 23.6 Å². The molecule has 1 rings (SSSR count). The summed E-state index contributed by atoms with van der Waals surface area (Å²) >= 11 is 4.10. The number of phenols is 1. The maximum atomic E-state index is 13.5. The molecule has 0 aliphatic rings. The van der Waals surface area contributed by atoms with Crippen LogP contribution in [0, 0.1) is 0 Å². The predicted octanol–water partition coefficient (Wildman–Crippen LogP) is -2.97. The number of carbonyl (C=O) groups is 5. The van der Waals surface area contributed by atoms with Crippen LogP contribution >= 0.6 is 12.6 Å². The van der Waals surface area contributed by atoms with Crippen LogP contribution in [0.15, 0.2) is 29.3 Å². The van der Waals surface area contributed by atoms with Gasteiger partial charge in [0.05, 0.1) is 6.54 Å². The van der Waals surface area contributed by atoms with E-state index in [1.807, 2.05) is 0 Å². The van der Waals surface area contributed by atoms with Gasteiger partial charge in [-0.05, 0) is 56.3 Å². The van der Waals surface area contributed by atoms with Crippen LogP contribution in [0.5, 0.6) is 5.75 Å². The summed E-state index contributed by atoms with van der Waals surface area (Å²) in [6.45, 7) is 0.139. The Morgan fingerprint density at radius 1 is 0.791 bits per heavy atom. The van der Waals surface area contributed by atoms with Gasteiger partial charge in [0.25, 0.3) is 0 Å². The number of rotatable bonds is 20. The molecule has 4 atom stereocenters. The quantitative estimate of drug-likeness (QED) is 0.0301. The van der Waals surface area contributed by atoms with Crippen molar-refractivity contribution < 1.29 is 34.2 Å². The first-order valence-corrected chi connectivity index (χ1v) is 14.3. The first kappa shape index (κ1) is 36.9. The van der Waals surface area contributed by atoms with E-state index in [0.29, 0.717) is 24.9 Å². The van der Waals surface area contributed by atoms with Gasteiger partial charge in [-0.1, -0.05) is 12.1 Å². The number of hydrogen-bond donors (Lipinski definition) is 11. The van der Waals surface area contributed by atoms with Crippen LogP contribution in [0.1, 0.15) is 37.7 Å². The molecular formula is C26H43N9O7S. The SMILES string of the molecule is NCCCC[C@H](NC(=O)[C@H](Cc1ccc(O)cc1)NC(=O)[C@H](CS)NC(=O)CN)C(=O)N[C@@H](CCCN=C(N)N)C(=O)O. The molecule has 0 spiro atoms. The third kappa shape index (κ3) is 14.6. The Morgan fingerprint density at radius 2 is 1.35 bits per heavy atom. The number of nitrogens with one attached hydrogen (secondary N) is 4. The van der Waals surface area contributed by atoms with Crippen molar-refractivity contribution >= 4 is 48.2 Å². The van der Waals surface area contributed by atoms with Crippen LogP contribution in [0.25, 0.3) is 0 Å². The van der Waals surface area contributed by atoms with Gasteiger partial charge in [-0.15, -0.1) is 0 Å². The van der Waals surface area contributed by atoms with Crippen molar-refractivity contribution in [1.29, 1.82) is 0 Å². The molecule has 0 bridgehead atoms. The highest BCUT2D eigenvalue weighted by atomic mass is 32.1. The molecular weight excluding hydrogens is 582 g/mol. The standard InChI is InChI=1S/C26H43N9O7S/c27-10-2-1-4-17(22(38)34-18(25(41)42)5-3-11-31-26(29)30)33-23(39)19(12-15-6-8-16(36)9-7-15)35-24(40)20(14-43)32-21(37)13-28/h6-9,17-20,36,43H,1-5,10-14,27-28H2,(H,32,37)(H,33,39)(H,34,38)(H,35,40)(H,41,42)(H4,29,30,31)/t17-,18-,19-,20-/m0/s1. The number of thiol groups is 1. The number of aliphatic carboxylic acids is 1. The fourth-order valence-electron chi connectivity index (χ4n) is 3.86. The number of aliphatic imine (C=N–C) groups is 1. The molecule has 14 N–H and O–H groups in total. The molecule has 240 valence electrons. The van der Waals surface area contributed by atoms with Gasteiger partial charge < -0.3 is 54.4 Å². The highest BCUT2D eigenvalue weighted by molar-refractivity contribution is 7.80. The maximum Gasteiger partial charge on any atom is 0.326 e. The minimum atomic E-state index is -1.28. The van der Waals surface area contributed by atoms with Crippen LogP contribution < -0.4 is 44.2 Å². The molecule has 1 aromatic carbocycles. The summed E-state index contributed by atoms with van der Waals surface area (Å²) < 4.78 is 0. The number of amides is 4. The normalized spacial score (nSPS) is 13.5. The molecule has 4 amide bonds. The van der Waals surface area contributed by atoms with Crippen molar-refractivity contribution in [3.05, 3.63) is 29.8 Å². The molecule has 16 nitrogen and oxygen atoms in total. The summed E-state index contributed by atoms with van der Waals surface area (Å²) in [4.78, 5) is 67.1. The van der Waals surface area contributed by atoms with Gasteiger partial charge in [-0.2, -0.15) is 12.6 Å². The Labute approximate surface area is 255 Å². The number of aromatic hydroxyl groups is 1. The summed E-state index contributed by atoms with van der Waals surface area (Å²) in [5.74, 6) is -4.31. The van der Waals surface area contributed by atoms with Crippen LogP contribution in [-0.4, -0.2) is 95.3 Å². The van der Waals surface area contributed by atoms with Gasteiger partial charge in [-0.3, -0.25) is 24.2 Å². The van der Waals surface area contributed by atoms with Gasteiger partial charge in [0, 0.05) is 18.7 Å². The molecule has 0 saturated heterocycles. The smallest absolute Gasteiger partial charge is 0.326 e. The Morgan fingerprint density at radius 3 is 1.91 bits per heavy atom. The first-order chi connectivity index (χ1) is 20.4. The molecule has 0 aliphatic heterocycles. The van der Waals surface area contributed by atoms with Crippen LogP contribution in [-0.2, 0) is 30.4 Å². The number of unbranched alkanes of at least 4 members (excludes halogenated alkanes) is 1. The predicted molar refractivity (Wildman–Crippen MR) is 163 cm³/mol. The number of nitrogens with zero attached hydrogens (tertiary/aromatic N) is 1. The third-order valence-electron chi connectivity index (χ3n) is 6.17. The zero-order valence-corrected chi connectivity index (χ0v) is 24.7. The number of phenolic OH excluding ortho intramolecular Hbond substituents is 1. The van der Waals surface area contributed by atoms with E-state index in [0.717, 1.165) is 0 Å². The van der Waals surface area contributed by atoms with Gasteiger partial charge in [0.1, 0.15) is 29.9 Å². The maximum absolute atomic E-state index is 13.5. The number of carbonyl (C=O) groups excluding carboxylic acids is 4. The highest BCUT2D eigenvalue weighted by Gasteiger charge is 2.31. The molecule has 1 aromatic rings. The second-order valence-electron chi connectivity index (χ2n) is 9.63. The Balaban J connectivity index is 3.17. The highest BCUT2D eigenvalue weighted by Crippen LogP contribution is 2.12. The summed E-state index contributed by atoms with van der Waals surface area (Å²) in [7, 11) is 0. The average Bonchev–Trinajstić information content (AvgIpc) is 2.96. The summed E-state index contributed by atoms with van der Waals surface area (Å²) in [5, 5.41) is 29.3. The average molecular weight is 626 g/mol. The van der Waals surface area contributed by atoms with Crippen molar-refractivity contribution in [2.45, 2.75) is 62.7 Å². The lowest BCUT2D eigenvalue weighted by atomic mass is 10.0. The second kappa shape index (κ2) is 19.9. The summed E-state index contributed by atoms with van der Waals surface area (Å²) in [5.41, 5.74) is 22.0. The molecule has 0 saturated carbocycles. The van der Waals surface area contributed by atoms with Gasteiger partial charge >= 0.3 is 5.97 Å². The molecule has 0 unspecified atom stereocenters. The van der Waals surface area contributed by atoms with Crippen molar-refractivity contribution in [1.82, 2.24) is 21.3 Å². The Kier molecular flexibility index (Phi) is 17.1. The van der Waals surface area contributed by atoms with E-state index in [1.165, 1.54) is 12.1 Å². The van der Waals surface area contributed by atoms with E-state index in [-0.39, 0.29) is 56.2 Å². The van der Waals surface area contributed by atoms with Crippen molar-refractivity contribution in [3.63, 3.8) is 0 Å². The van der Waals surface area contributed by atoms with E-state index in [2.05, 4.69) is 38.9 Å². The second-order valence-corrected chi connectivity index (χ2v) is 10.00. The number of benzene rings is 1. The molecule has 17 heteroatoms. The van der Waals surface area contributed by atoms with Crippen molar-refractivity contribution in [2.24, 2.45) is 27.9 Å². The number of guanidine groups is 1. The lowest BCUT2D eigenvalue weighted by Gasteiger charge is -2.26. The van der Waals surface area contributed by atoms with Crippen molar-refractivity contribution in [2.75, 3.05) is 25.4 Å². The lowest BCUT2D eigenvalue weighted by molar-refractivity contribution is -0.142. The molecule has 0 fully saturated rings. The largest absolute Gasteiger partial charge is 0.508 e. The molecule has 0 heterocycles.